The monoisotopic (exact) mass is 526 g/mol. The minimum absolute atomic E-state index is 0.0174. The number of benzene rings is 3. The Balaban J connectivity index is 1.59. The molecule has 0 radical (unpaired) electrons. The van der Waals surface area contributed by atoms with E-state index >= 15 is 0 Å². The van der Waals surface area contributed by atoms with Crippen LogP contribution in [0.5, 0.6) is 11.5 Å². The van der Waals surface area contributed by atoms with Crippen LogP contribution in [0.4, 0.5) is 0 Å². The molecule has 39 heavy (non-hydrogen) atoms. The fourth-order valence-electron chi connectivity index (χ4n) is 4.36. The number of carboxylic acids is 2. The smallest absolute Gasteiger partial charge is 0.332 e. The third-order valence-electron chi connectivity index (χ3n) is 6.20. The minimum Gasteiger partial charge on any atom is -0.481 e. The predicted molar refractivity (Wildman–Crippen MR) is 141 cm³/mol. The third kappa shape index (κ3) is 5.21. The Labute approximate surface area is 220 Å². The molecule has 2 N–H and O–H groups in total. The standard InChI is InChI=1S/C29H22N2O8/c32-26(33)16-25(28(35)36)31-27(34)23-15-21(12-13-24(23)30(29(31)37)17-22-7-4-14-38-22)39-20-10-8-19(9-11-20)18-5-2-1-3-6-18/h1-15,25H,16-17H2,(H,32,33)(H,35,36). The molecule has 3 aromatic carbocycles. The highest BCUT2D eigenvalue weighted by molar-refractivity contribution is 5.82. The van der Waals surface area contributed by atoms with Gasteiger partial charge in [0.15, 0.2) is 0 Å². The first-order valence-corrected chi connectivity index (χ1v) is 11.9. The first-order valence-electron chi connectivity index (χ1n) is 11.9. The summed E-state index contributed by atoms with van der Waals surface area (Å²) in [4.78, 5) is 50.1. The molecule has 0 fully saturated rings. The Hall–Kier alpha value is -5.38. The van der Waals surface area contributed by atoms with Crippen LogP contribution in [-0.2, 0) is 16.1 Å². The Morgan fingerprint density at radius 2 is 1.54 bits per heavy atom. The van der Waals surface area contributed by atoms with Crippen molar-refractivity contribution >= 4 is 22.8 Å². The lowest BCUT2D eigenvalue weighted by atomic mass is 10.1. The number of nitrogens with zero attached hydrogens (tertiary/aromatic N) is 2. The van der Waals surface area contributed by atoms with Crippen LogP contribution in [0.15, 0.2) is 105 Å². The normalized spacial score (nSPS) is 11.8. The van der Waals surface area contributed by atoms with E-state index in [4.69, 9.17) is 9.15 Å². The molecule has 196 valence electrons. The molecule has 0 aliphatic rings. The van der Waals surface area contributed by atoms with Gasteiger partial charge in [-0.15, -0.1) is 0 Å². The summed E-state index contributed by atoms with van der Waals surface area (Å²) < 4.78 is 12.9. The summed E-state index contributed by atoms with van der Waals surface area (Å²) in [5, 5.41) is 18.9. The number of carboxylic acid groups (broad SMARTS) is 2. The molecule has 10 heteroatoms. The van der Waals surface area contributed by atoms with Crippen LogP contribution in [0.1, 0.15) is 18.2 Å². The number of rotatable bonds is 9. The fourth-order valence-corrected chi connectivity index (χ4v) is 4.36. The molecule has 2 aromatic heterocycles. The molecule has 2 heterocycles. The zero-order valence-electron chi connectivity index (χ0n) is 20.4. The topological polar surface area (TPSA) is 141 Å². The largest absolute Gasteiger partial charge is 0.481 e. The van der Waals surface area contributed by atoms with Gasteiger partial charge in [0.05, 0.1) is 30.1 Å². The van der Waals surface area contributed by atoms with Crippen molar-refractivity contribution in [3.63, 3.8) is 0 Å². The van der Waals surface area contributed by atoms with E-state index in [-0.39, 0.29) is 23.2 Å². The van der Waals surface area contributed by atoms with Crippen LogP contribution in [0.3, 0.4) is 0 Å². The van der Waals surface area contributed by atoms with Crippen molar-refractivity contribution in [2.24, 2.45) is 0 Å². The molecule has 5 aromatic rings. The van der Waals surface area contributed by atoms with E-state index in [1.807, 2.05) is 42.5 Å². The molecular formula is C29H22N2O8. The molecule has 0 spiro atoms. The van der Waals surface area contributed by atoms with Crippen molar-refractivity contribution in [3.8, 4) is 22.6 Å². The average Bonchev–Trinajstić information content (AvgIpc) is 3.45. The number of carbonyl (C=O) groups is 2. The molecule has 0 aliphatic carbocycles. The van der Waals surface area contributed by atoms with Crippen molar-refractivity contribution in [1.29, 1.82) is 0 Å². The van der Waals surface area contributed by atoms with E-state index in [0.717, 1.165) is 11.1 Å². The zero-order valence-corrected chi connectivity index (χ0v) is 20.4. The molecule has 0 saturated heterocycles. The molecule has 0 saturated carbocycles. The Bertz CT molecular complexity index is 1770. The molecule has 0 aliphatic heterocycles. The molecule has 1 unspecified atom stereocenters. The average molecular weight is 527 g/mol. The Morgan fingerprint density at radius 3 is 2.18 bits per heavy atom. The van der Waals surface area contributed by atoms with Gasteiger partial charge in [-0.1, -0.05) is 42.5 Å². The van der Waals surface area contributed by atoms with E-state index < -0.39 is 35.7 Å². The quantitative estimate of drug-likeness (QED) is 0.289. The molecule has 5 rings (SSSR count). The highest BCUT2D eigenvalue weighted by Gasteiger charge is 2.29. The first-order chi connectivity index (χ1) is 18.8. The van der Waals surface area contributed by atoms with Gasteiger partial charge in [-0.25, -0.2) is 14.2 Å². The predicted octanol–water partition coefficient (Wildman–Crippen LogP) is 4.36. The SMILES string of the molecule is O=C(O)CC(C(=O)O)n1c(=O)c2cc(Oc3ccc(-c4ccccc4)cc3)ccc2n(Cc2ccco2)c1=O. The third-order valence-corrected chi connectivity index (χ3v) is 6.20. The van der Waals surface area contributed by atoms with Crippen LogP contribution in [-0.4, -0.2) is 31.3 Å². The van der Waals surface area contributed by atoms with Gasteiger partial charge >= 0.3 is 17.6 Å². The lowest BCUT2D eigenvalue weighted by Gasteiger charge is -2.18. The molecular weight excluding hydrogens is 504 g/mol. The van der Waals surface area contributed by atoms with Crippen LogP contribution in [0.25, 0.3) is 22.0 Å². The van der Waals surface area contributed by atoms with Crippen molar-refractivity contribution in [3.05, 3.63) is 118 Å². The second-order valence-corrected chi connectivity index (χ2v) is 8.75. The number of aliphatic carboxylic acids is 2. The number of hydrogen-bond donors (Lipinski definition) is 2. The summed E-state index contributed by atoms with van der Waals surface area (Å²) in [6, 6.07) is 23.0. The highest BCUT2D eigenvalue weighted by Crippen LogP contribution is 2.27. The molecule has 0 bridgehead atoms. The van der Waals surface area contributed by atoms with Gasteiger partial charge in [0.2, 0.25) is 0 Å². The summed E-state index contributed by atoms with van der Waals surface area (Å²) in [5.74, 6) is -1.94. The van der Waals surface area contributed by atoms with E-state index in [1.165, 1.54) is 23.0 Å². The van der Waals surface area contributed by atoms with Gasteiger partial charge in [-0.2, -0.15) is 0 Å². The highest BCUT2D eigenvalue weighted by atomic mass is 16.5. The van der Waals surface area contributed by atoms with Crippen LogP contribution in [0, 0.1) is 0 Å². The van der Waals surface area contributed by atoms with E-state index in [9.17, 15) is 29.4 Å². The minimum atomic E-state index is -1.91. The van der Waals surface area contributed by atoms with Gasteiger partial charge in [0, 0.05) is 0 Å². The molecule has 0 amide bonds. The van der Waals surface area contributed by atoms with Gasteiger partial charge in [-0.3, -0.25) is 14.2 Å². The zero-order chi connectivity index (χ0) is 27.5. The van der Waals surface area contributed by atoms with Crippen molar-refractivity contribution in [2.45, 2.75) is 19.0 Å². The van der Waals surface area contributed by atoms with Crippen molar-refractivity contribution in [2.75, 3.05) is 0 Å². The number of fused-ring (bicyclic) bond motifs is 1. The number of aromatic nitrogens is 2. The first kappa shape index (κ1) is 25.3. The van der Waals surface area contributed by atoms with Gasteiger partial charge in [-0.05, 0) is 53.6 Å². The fraction of sp³-hybridized carbons (Fsp3) is 0.103. The van der Waals surface area contributed by atoms with Crippen molar-refractivity contribution in [1.82, 2.24) is 9.13 Å². The number of ether oxygens (including phenoxy) is 1. The van der Waals surface area contributed by atoms with Gasteiger partial charge in [0.25, 0.3) is 5.56 Å². The summed E-state index contributed by atoms with van der Waals surface area (Å²) >= 11 is 0. The van der Waals surface area contributed by atoms with E-state index in [0.29, 0.717) is 16.1 Å². The number of hydrogen-bond acceptors (Lipinski definition) is 6. The van der Waals surface area contributed by atoms with Gasteiger partial charge in [0.1, 0.15) is 23.3 Å². The Kier molecular flexibility index (Phi) is 6.83. The second-order valence-electron chi connectivity index (χ2n) is 8.75. The summed E-state index contributed by atoms with van der Waals surface area (Å²) in [6.07, 6.45) is 0.457. The van der Waals surface area contributed by atoms with Gasteiger partial charge < -0.3 is 19.4 Å². The van der Waals surface area contributed by atoms with E-state index in [2.05, 4.69) is 0 Å². The van der Waals surface area contributed by atoms with Crippen LogP contribution in [0.2, 0.25) is 0 Å². The maximum Gasteiger partial charge on any atom is 0.332 e. The second kappa shape index (κ2) is 10.5. The lowest BCUT2D eigenvalue weighted by Crippen LogP contribution is -2.45. The summed E-state index contributed by atoms with van der Waals surface area (Å²) in [6.45, 7) is -0.108. The molecule has 10 nitrogen and oxygen atoms in total. The lowest BCUT2D eigenvalue weighted by molar-refractivity contribution is -0.147. The number of furan rings is 1. The maximum absolute atomic E-state index is 13.5. The molecule has 1 atom stereocenters. The van der Waals surface area contributed by atoms with Crippen LogP contribution >= 0.6 is 0 Å². The maximum atomic E-state index is 13.5. The van der Waals surface area contributed by atoms with E-state index in [1.54, 1.807) is 30.3 Å². The van der Waals surface area contributed by atoms with Crippen LogP contribution < -0.4 is 16.0 Å². The summed E-state index contributed by atoms with van der Waals surface area (Å²) in [7, 11) is 0. The van der Waals surface area contributed by atoms with Crippen molar-refractivity contribution < 1.29 is 29.0 Å². The summed E-state index contributed by atoms with van der Waals surface area (Å²) in [5.41, 5.74) is 0.333. The Morgan fingerprint density at radius 1 is 0.846 bits per heavy atom.